The second-order valence-electron chi connectivity index (χ2n) is 6.67. The first-order valence-corrected chi connectivity index (χ1v) is 11.0. The van der Waals surface area contributed by atoms with Crippen LogP contribution in [-0.2, 0) is 10.0 Å². The quantitative estimate of drug-likeness (QED) is 0.537. The van der Waals surface area contributed by atoms with Gasteiger partial charge in [-0.05, 0) is 49.4 Å². The summed E-state index contributed by atoms with van der Waals surface area (Å²) in [6, 6.07) is 23.2. The minimum Gasteiger partial charge on any atom is -0.268 e. The van der Waals surface area contributed by atoms with Crippen molar-refractivity contribution < 1.29 is 13.2 Å². The molecule has 0 aliphatic rings. The van der Waals surface area contributed by atoms with Crippen molar-refractivity contribution in [2.45, 2.75) is 6.92 Å². The van der Waals surface area contributed by atoms with Crippen molar-refractivity contribution in [3.63, 3.8) is 0 Å². The Labute approximate surface area is 173 Å². The van der Waals surface area contributed by atoms with E-state index in [1.165, 1.54) is 23.7 Å². The molecule has 0 spiro atoms. The van der Waals surface area contributed by atoms with Crippen molar-refractivity contribution in [2.24, 2.45) is 0 Å². The van der Waals surface area contributed by atoms with Crippen molar-refractivity contribution in [3.05, 3.63) is 94.8 Å². The summed E-state index contributed by atoms with van der Waals surface area (Å²) in [6.07, 6.45) is 0. The monoisotopic (exact) mass is 421 g/mol. The van der Waals surface area contributed by atoms with Gasteiger partial charge in [0.25, 0.3) is 11.5 Å². The molecule has 0 bridgehead atoms. The third-order valence-corrected chi connectivity index (χ3v) is 6.00. The highest BCUT2D eigenvalue weighted by Crippen LogP contribution is 2.21. The summed E-state index contributed by atoms with van der Waals surface area (Å²) in [4.78, 5) is 25.7. The molecule has 0 unspecified atom stereocenters. The van der Waals surface area contributed by atoms with Crippen molar-refractivity contribution >= 4 is 26.8 Å². The van der Waals surface area contributed by atoms with Gasteiger partial charge < -0.3 is 0 Å². The van der Waals surface area contributed by atoms with Crippen molar-refractivity contribution in [1.29, 1.82) is 0 Å². The van der Waals surface area contributed by atoms with E-state index in [9.17, 15) is 18.0 Å². The number of hydrogen-bond acceptors (Lipinski definition) is 4. The van der Waals surface area contributed by atoms with Gasteiger partial charge in [0.2, 0.25) is 10.0 Å². The zero-order valence-corrected chi connectivity index (χ0v) is 17.0. The standard InChI is InChI=1S/C22H19N3O4S/c1-2-30(28,29)23-21(26)16-13-14-20-19(15-16)22(27)25(18-11-7-4-8-12-18)24(20)17-9-5-3-6-10-17/h3-15H,2H2,1H3,(H,23,26). The Balaban J connectivity index is 1.96. The molecule has 8 heteroatoms. The summed E-state index contributed by atoms with van der Waals surface area (Å²) in [5, 5.41) is 0.309. The van der Waals surface area contributed by atoms with Gasteiger partial charge in [0.05, 0.1) is 28.0 Å². The molecule has 0 fully saturated rings. The molecule has 30 heavy (non-hydrogen) atoms. The molecule has 0 saturated carbocycles. The fourth-order valence-corrected chi connectivity index (χ4v) is 3.79. The van der Waals surface area contributed by atoms with Crippen molar-refractivity contribution in [2.75, 3.05) is 5.75 Å². The minimum absolute atomic E-state index is 0.0991. The number of rotatable bonds is 5. The van der Waals surface area contributed by atoms with Crippen LogP contribution in [0.15, 0.2) is 83.7 Å². The van der Waals surface area contributed by atoms with E-state index < -0.39 is 15.9 Å². The Bertz CT molecular complexity index is 1390. The molecule has 0 aliphatic heterocycles. The van der Waals surface area contributed by atoms with Crippen LogP contribution in [0.2, 0.25) is 0 Å². The topological polar surface area (TPSA) is 90.2 Å². The number of carbonyl (C=O) groups is 1. The Kier molecular flexibility index (Phi) is 5.01. The van der Waals surface area contributed by atoms with Gasteiger partial charge in [-0.15, -0.1) is 0 Å². The predicted octanol–water partition coefficient (Wildman–Crippen LogP) is 2.86. The van der Waals surface area contributed by atoms with E-state index >= 15 is 0 Å². The summed E-state index contributed by atoms with van der Waals surface area (Å²) in [5.74, 6) is -0.983. The van der Waals surface area contributed by atoms with E-state index in [1.54, 1.807) is 10.7 Å². The maximum absolute atomic E-state index is 13.3. The summed E-state index contributed by atoms with van der Waals surface area (Å²) in [5.41, 5.74) is 1.83. The zero-order valence-electron chi connectivity index (χ0n) is 16.1. The zero-order chi connectivity index (χ0) is 21.3. The number of nitrogens with one attached hydrogen (secondary N) is 1. The summed E-state index contributed by atoms with van der Waals surface area (Å²) < 4.78 is 28.8. The maximum Gasteiger partial charge on any atom is 0.279 e. The van der Waals surface area contributed by atoms with Gasteiger partial charge in [-0.2, -0.15) is 0 Å². The smallest absolute Gasteiger partial charge is 0.268 e. The minimum atomic E-state index is -3.71. The normalized spacial score (nSPS) is 11.5. The fourth-order valence-electron chi connectivity index (χ4n) is 3.24. The molecule has 1 aromatic heterocycles. The SMILES string of the molecule is CCS(=O)(=O)NC(=O)c1ccc2c(c1)c(=O)n(-c1ccccc1)n2-c1ccccc1. The number of aromatic nitrogens is 2. The number of hydrogen-bond donors (Lipinski definition) is 1. The fraction of sp³-hybridized carbons (Fsp3) is 0.0909. The number of fused-ring (bicyclic) bond motifs is 1. The molecule has 4 rings (SSSR count). The molecule has 0 aliphatic carbocycles. The van der Waals surface area contributed by atoms with E-state index in [-0.39, 0.29) is 16.9 Å². The van der Waals surface area contributed by atoms with Gasteiger partial charge in [-0.3, -0.25) is 9.59 Å². The molecular weight excluding hydrogens is 402 g/mol. The Morgan fingerprint density at radius 1 is 0.867 bits per heavy atom. The molecule has 1 N–H and O–H groups in total. The van der Waals surface area contributed by atoms with Crippen LogP contribution in [0, 0.1) is 0 Å². The van der Waals surface area contributed by atoms with Gasteiger partial charge in [0, 0.05) is 5.56 Å². The molecule has 1 amide bonds. The third kappa shape index (κ3) is 3.53. The number of benzene rings is 3. The molecular formula is C22H19N3O4S. The highest BCUT2D eigenvalue weighted by atomic mass is 32.2. The lowest BCUT2D eigenvalue weighted by Crippen LogP contribution is -2.31. The number of sulfonamides is 1. The van der Waals surface area contributed by atoms with Gasteiger partial charge in [0.15, 0.2) is 0 Å². The van der Waals surface area contributed by atoms with Crippen LogP contribution in [-0.4, -0.2) is 29.4 Å². The molecule has 0 saturated heterocycles. The van der Waals surface area contributed by atoms with Crippen molar-refractivity contribution in [1.82, 2.24) is 14.1 Å². The number of carbonyl (C=O) groups excluding carboxylic acids is 1. The van der Waals surface area contributed by atoms with Crippen LogP contribution in [0.1, 0.15) is 17.3 Å². The van der Waals surface area contributed by atoms with Crippen LogP contribution in [0.25, 0.3) is 22.3 Å². The molecule has 7 nitrogen and oxygen atoms in total. The number of para-hydroxylation sites is 2. The van der Waals surface area contributed by atoms with E-state index in [4.69, 9.17) is 0 Å². The van der Waals surface area contributed by atoms with Gasteiger partial charge in [0.1, 0.15) is 0 Å². The second-order valence-corrected chi connectivity index (χ2v) is 8.68. The Morgan fingerprint density at radius 2 is 1.43 bits per heavy atom. The Morgan fingerprint density at radius 3 is 2.00 bits per heavy atom. The van der Waals surface area contributed by atoms with Crippen LogP contribution >= 0.6 is 0 Å². The lowest BCUT2D eigenvalue weighted by molar-refractivity contribution is 0.0981. The first kappa shape index (κ1) is 19.7. The van der Waals surface area contributed by atoms with E-state index in [2.05, 4.69) is 0 Å². The average Bonchev–Trinajstić information content (AvgIpc) is 3.06. The highest BCUT2D eigenvalue weighted by Gasteiger charge is 2.19. The largest absolute Gasteiger partial charge is 0.279 e. The van der Waals surface area contributed by atoms with E-state index in [0.29, 0.717) is 16.6 Å². The first-order chi connectivity index (χ1) is 14.4. The average molecular weight is 421 g/mol. The molecule has 0 radical (unpaired) electrons. The van der Waals surface area contributed by atoms with Crippen LogP contribution in [0.5, 0.6) is 0 Å². The van der Waals surface area contributed by atoms with Crippen LogP contribution < -0.4 is 10.3 Å². The lowest BCUT2D eigenvalue weighted by atomic mass is 10.1. The van der Waals surface area contributed by atoms with Gasteiger partial charge in [-0.25, -0.2) is 22.5 Å². The molecule has 1 heterocycles. The maximum atomic E-state index is 13.3. The molecule has 0 atom stereocenters. The second kappa shape index (κ2) is 7.64. The van der Waals surface area contributed by atoms with E-state index in [1.807, 2.05) is 65.4 Å². The molecule has 152 valence electrons. The first-order valence-electron chi connectivity index (χ1n) is 9.35. The molecule has 3 aromatic carbocycles. The third-order valence-electron chi connectivity index (χ3n) is 4.74. The summed E-state index contributed by atoms with van der Waals surface area (Å²) in [6.45, 7) is 1.44. The molecule has 4 aromatic rings. The number of amides is 1. The Hall–Kier alpha value is -3.65. The van der Waals surface area contributed by atoms with Crippen molar-refractivity contribution in [3.8, 4) is 11.4 Å². The van der Waals surface area contributed by atoms with Gasteiger partial charge >= 0.3 is 0 Å². The van der Waals surface area contributed by atoms with E-state index in [0.717, 1.165) is 5.69 Å². The number of nitrogens with zero attached hydrogens (tertiary/aromatic N) is 2. The van der Waals surface area contributed by atoms with Crippen LogP contribution in [0.3, 0.4) is 0 Å². The predicted molar refractivity (Wildman–Crippen MR) is 116 cm³/mol. The van der Waals surface area contributed by atoms with Crippen LogP contribution in [0.4, 0.5) is 0 Å². The van der Waals surface area contributed by atoms with Gasteiger partial charge in [-0.1, -0.05) is 36.4 Å². The lowest BCUT2D eigenvalue weighted by Gasteiger charge is -2.13. The summed E-state index contributed by atoms with van der Waals surface area (Å²) >= 11 is 0. The summed E-state index contributed by atoms with van der Waals surface area (Å²) in [7, 11) is -3.71. The highest BCUT2D eigenvalue weighted by molar-refractivity contribution is 7.90.